The first-order valence-electron chi connectivity index (χ1n) is 15.1. The maximum Gasteiger partial charge on any atom is 0.265 e. The molecule has 0 spiro atoms. The molecule has 0 radical (unpaired) electrons. The summed E-state index contributed by atoms with van der Waals surface area (Å²) in [5.74, 6) is 0.190. The van der Waals surface area contributed by atoms with Gasteiger partial charge in [-0.15, -0.1) is 0 Å². The van der Waals surface area contributed by atoms with E-state index in [0.717, 1.165) is 15.4 Å². The molecule has 11 nitrogen and oxygen atoms in total. The van der Waals surface area contributed by atoms with Crippen LogP contribution < -0.4 is 28.6 Å². The summed E-state index contributed by atoms with van der Waals surface area (Å²) in [6, 6.07) is 15.5. The summed E-state index contributed by atoms with van der Waals surface area (Å²) in [5.41, 5.74) is 1.87. The Bertz CT molecular complexity index is 1610. The Morgan fingerprint density at radius 1 is 0.826 bits per heavy atom. The third-order valence-corrected chi connectivity index (χ3v) is 9.45. The minimum atomic E-state index is -4.44. The highest BCUT2D eigenvalue weighted by molar-refractivity contribution is 7.92. The molecule has 250 valence electrons. The molecule has 0 aliphatic carbocycles. The van der Waals surface area contributed by atoms with Crippen LogP contribution >= 0.6 is 0 Å². The molecule has 0 saturated heterocycles. The van der Waals surface area contributed by atoms with Gasteiger partial charge >= 0.3 is 0 Å². The molecule has 0 aliphatic heterocycles. The highest BCUT2D eigenvalue weighted by Gasteiger charge is 2.35. The molecule has 0 aromatic heterocycles. The number of methoxy groups -OCH3 is 4. The summed E-state index contributed by atoms with van der Waals surface area (Å²) in [6.45, 7) is 7.06. The molecule has 3 rings (SSSR count). The molecular formula is C34H45N3O8S. The smallest absolute Gasteiger partial charge is 0.265 e. The Balaban J connectivity index is 2.20. The molecule has 3 aromatic carbocycles. The second kappa shape index (κ2) is 16.2. The summed E-state index contributed by atoms with van der Waals surface area (Å²) < 4.78 is 51.6. The minimum Gasteiger partial charge on any atom is -0.497 e. The zero-order chi connectivity index (χ0) is 34.0. The first-order valence-corrected chi connectivity index (χ1v) is 16.5. The van der Waals surface area contributed by atoms with Crippen LogP contribution in [0.2, 0.25) is 0 Å². The van der Waals surface area contributed by atoms with Crippen LogP contribution in [0.3, 0.4) is 0 Å². The highest BCUT2D eigenvalue weighted by atomic mass is 32.2. The van der Waals surface area contributed by atoms with E-state index in [2.05, 4.69) is 5.32 Å². The number of aryl methyl sites for hydroxylation is 1. The van der Waals surface area contributed by atoms with E-state index in [9.17, 15) is 18.0 Å². The number of sulfonamides is 1. The van der Waals surface area contributed by atoms with E-state index in [-0.39, 0.29) is 40.6 Å². The van der Waals surface area contributed by atoms with Crippen LogP contribution in [0, 0.1) is 6.92 Å². The van der Waals surface area contributed by atoms with Gasteiger partial charge in [0.1, 0.15) is 24.1 Å². The number of ether oxygens (including phenoxy) is 4. The van der Waals surface area contributed by atoms with E-state index in [1.807, 2.05) is 52.0 Å². The lowest BCUT2D eigenvalue weighted by Gasteiger charge is -2.34. The maximum atomic E-state index is 14.5. The van der Waals surface area contributed by atoms with Gasteiger partial charge in [-0.25, -0.2) is 8.42 Å². The number of hydrogen-bond donors (Lipinski definition) is 1. The van der Waals surface area contributed by atoms with Crippen LogP contribution in [0.5, 0.6) is 23.0 Å². The van der Waals surface area contributed by atoms with Crippen LogP contribution in [0.15, 0.2) is 65.6 Å². The van der Waals surface area contributed by atoms with Crippen molar-refractivity contribution in [3.05, 3.63) is 71.8 Å². The predicted molar refractivity (Wildman–Crippen MR) is 177 cm³/mol. The van der Waals surface area contributed by atoms with Crippen molar-refractivity contribution < 1.29 is 37.0 Å². The molecule has 2 atom stereocenters. The van der Waals surface area contributed by atoms with Gasteiger partial charge in [0.25, 0.3) is 10.0 Å². The molecule has 1 N–H and O–H groups in total. The zero-order valence-corrected chi connectivity index (χ0v) is 28.6. The number of anilines is 1. The van der Waals surface area contributed by atoms with Gasteiger partial charge in [0.2, 0.25) is 11.8 Å². The topological polar surface area (TPSA) is 124 Å². The number of hydrogen-bond acceptors (Lipinski definition) is 8. The molecule has 0 unspecified atom stereocenters. The average Bonchev–Trinajstić information content (AvgIpc) is 3.06. The molecule has 0 saturated carbocycles. The van der Waals surface area contributed by atoms with E-state index >= 15 is 0 Å². The summed E-state index contributed by atoms with van der Waals surface area (Å²) in [5, 5.41) is 2.98. The summed E-state index contributed by atoms with van der Waals surface area (Å²) in [4.78, 5) is 29.3. The largest absolute Gasteiger partial charge is 0.497 e. The molecule has 3 aromatic rings. The van der Waals surface area contributed by atoms with Crippen LogP contribution in [0.1, 0.15) is 44.7 Å². The Kier molecular flexibility index (Phi) is 12.7. The SMILES string of the molecule is CC[C@@H](C)NC(=O)[C@@H](CC)N(Cc1cccc(C)c1)C(=O)CN(c1cc(OC)ccc1OC)S(=O)(=O)c1ccc(OC)c(OC)c1. The lowest BCUT2D eigenvalue weighted by atomic mass is 10.1. The molecule has 2 amide bonds. The highest BCUT2D eigenvalue weighted by Crippen LogP contribution is 2.38. The van der Waals surface area contributed by atoms with Crippen LogP contribution in [0.4, 0.5) is 5.69 Å². The van der Waals surface area contributed by atoms with Crippen molar-refractivity contribution in [3.8, 4) is 23.0 Å². The van der Waals surface area contributed by atoms with Crippen LogP contribution in [-0.4, -0.2) is 72.2 Å². The zero-order valence-electron chi connectivity index (χ0n) is 27.8. The Morgan fingerprint density at radius 2 is 1.50 bits per heavy atom. The van der Waals surface area contributed by atoms with Crippen molar-refractivity contribution in [2.45, 2.75) is 64.1 Å². The van der Waals surface area contributed by atoms with Crippen molar-refractivity contribution in [2.75, 3.05) is 39.3 Å². The molecule has 12 heteroatoms. The first kappa shape index (κ1) is 36.0. The maximum absolute atomic E-state index is 14.5. The number of carbonyl (C=O) groups is 2. The number of nitrogens with zero attached hydrogens (tertiary/aromatic N) is 2. The molecule has 0 bridgehead atoms. The Morgan fingerprint density at radius 3 is 2.09 bits per heavy atom. The number of rotatable bonds is 16. The molecule has 0 fully saturated rings. The van der Waals surface area contributed by atoms with Crippen LogP contribution in [-0.2, 0) is 26.2 Å². The quantitative estimate of drug-likeness (QED) is 0.230. The normalized spacial score (nSPS) is 12.4. The Labute approximate surface area is 272 Å². The summed E-state index contributed by atoms with van der Waals surface area (Å²) in [6.07, 6.45) is 1.02. The third-order valence-electron chi connectivity index (χ3n) is 7.70. The molecule has 0 heterocycles. The fourth-order valence-electron chi connectivity index (χ4n) is 4.98. The van der Waals surface area contributed by atoms with E-state index < -0.39 is 28.5 Å². The molecular weight excluding hydrogens is 610 g/mol. The lowest BCUT2D eigenvalue weighted by molar-refractivity contribution is -0.140. The fourth-order valence-corrected chi connectivity index (χ4v) is 6.41. The van der Waals surface area contributed by atoms with Gasteiger partial charge in [0.05, 0.1) is 39.0 Å². The van der Waals surface area contributed by atoms with Gasteiger partial charge in [-0.2, -0.15) is 0 Å². The van der Waals surface area contributed by atoms with E-state index in [4.69, 9.17) is 18.9 Å². The van der Waals surface area contributed by atoms with E-state index in [1.165, 1.54) is 57.6 Å². The number of amides is 2. The predicted octanol–water partition coefficient (Wildman–Crippen LogP) is 4.95. The second-order valence-electron chi connectivity index (χ2n) is 10.8. The van der Waals surface area contributed by atoms with Gasteiger partial charge in [0, 0.05) is 24.7 Å². The second-order valence-corrected chi connectivity index (χ2v) is 12.7. The van der Waals surface area contributed by atoms with Crippen molar-refractivity contribution >= 4 is 27.5 Å². The lowest BCUT2D eigenvalue weighted by Crippen LogP contribution is -2.53. The van der Waals surface area contributed by atoms with Gasteiger partial charge in [-0.1, -0.05) is 43.7 Å². The van der Waals surface area contributed by atoms with Gasteiger partial charge in [-0.3, -0.25) is 13.9 Å². The summed E-state index contributed by atoms with van der Waals surface area (Å²) in [7, 11) is 1.27. The monoisotopic (exact) mass is 655 g/mol. The Hall–Kier alpha value is -4.45. The van der Waals surface area contributed by atoms with E-state index in [0.29, 0.717) is 24.3 Å². The standard InChI is InChI=1S/C34H45N3O8S/c1-9-24(4)35-34(39)28(10-2)36(21-25-13-11-12-23(3)18-25)33(38)22-37(29-19-26(42-5)14-16-30(29)43-6)46(40,41)27-15-17-31(44-7)32(20-27)45-8/h11-20,24,28H,9-10,21-22H2,1-8H3,(H,35,39)/t24-,28-/m1/s1. The molecule has 0 aliphatic rings. The molecule has 46 heavy (non-hydrogen) atoms. The summed E-state index contributed by atoms with van der Waals surface area (Å²) >= 11 is 0. The van der Waals surface area contributed by atoms with Crippen molar-refractivity contribution in [1.82, 2.24) is 10.2 Å². The van der Waals surface area contributed by atoms with Gasteiger partial charge < -0.3 is 29.2 Å². The number of nitrogens with one attached hydrogen (secondary N) is 1. The van der Waals surface area contributed by atoms with E-state index in [1.54, 1.807) is 12.1 Å². The first-order chi connectivity index (χ1) is 21.9. The van der Waals surface area contributed by atoms with Crippen molar-refractivity contribution in [1.29, 1.82) is 0 Å². The van der Waals surface area contributed by atoms with Gasteiger partial charge in [-0.05, 0) is 56.5 Å². The third kappa shape index (κ3) is 8.42. The van der Waals surface area contributed by atoms with Crippen molar-refractivity contribution in [2.24, 2.45) is 0 Å². The van der Waals surface area contributed by atoms with Crippen molar-refractivity contribution in [3.63, 3.8) is 0 Å². The fraction of sp³-hybridized carbons (Fsp3) is 0.412. The number of benzene rings is 3. The average molecular weight is 656 g/mol. The van der Waals surface area contributed by atoms with Gasteiger partial charge in [0.15, 0.2) is 11.5 Å². The van der Waals surface area contributed by atoms with Crippen LogP contribution in [0.25, 0.3) is 0 Å². The minimum absolute atomic E-state index is 0.0811. The number of carbonyl (C=O) groups excluding carboxylic acids is 2.